The predicted molar refractivity (Wildman–Crippen MR) is 129 cm³/mol. The Kier molecular flexibility index (Phi) is 7.43. The molecule has 0 aliphatic carbocycles. The topological polar surface area (TPSA) is 50.7 Å². The van der Waals surface area contributed by atoms with E-state index in [0.29, 0.717) is 12.2 Å². The fourth-order valence-electron chi connectivity index (χ4n) is 2.57. The Labute approximate surface area is 191 Å². The minimum Gasteiger partial charge on any atom is -0.487 e. The summed E-state index contributed by atoms with van der Waals surface area (Å²) in [5.41, 5.74) is 6.14. The van der Waals surface area contributed by atoms with Gasteiger partial charge in [0, 0.05) is 5.56 Å². The summed E-state index contributed by atoms with van der Waals surface area (Å²) in [6.07, 6.45) is 1.64. The fraction of sp³-hybridized carbons (Fsp3) is 0.0909. The number of amides is 1. The summed E-state index contributed by atoms with van der Waals surface area (Å²) in [6.45, 7) is 2.42. The monoisotopic (exact) mass is 596 g/mol. The van der Waals surface area contributed by atoms with Crippen molar-refractivity contribution in [1.82, 2.24) is 5.43 Å². The Balaban J connectivity index is 1.66. The number of ether oxygens (including phenoxy) is 1. The molecule has 0 aromatic heterocycles. The highest BCUT2D eigenvalue weighted by atomic mass is 127. The summed E-state index contributed by atoms with van der Waals surface area (Å²) >= 11 is 4.51. The van der Waals surface area contributed by atoms with Crippen LogP contribution >= 0.6 is 45.2 Å². The van der Waals surface area contributed by atoms with Crippen molar-refractivity contribution in [1.29, 1.82) is 0 Å². The number of hydrogen-bond donors (Lipinski definition) is 1. The van der Waals surface area contributed by atoms with Gasteiger partial charge in [0.2, 0.25) is 0 Å². The van der Waals surface area contributed by atoms with Crippen molar-refractivity contribution in [3.8, 4) is 5.75 Å². The minimum absolute atomic E-state index is 0.221. The molecule has 0 unspecified atom stereocenters. The van der Waals surface area contributed by atoms with E-state index in [9.17, 15) is 4.79 Å². The van der Waals surface area contributed by atoms with Gasteiger partial charge in [0.15, 0.2) is 0 Å². The Morgan fingerprint density at radius 2 is 1.68 bits per heavy atom. The van der Waals surface area contributed by atoms with Crippen LogP contribution in [-0.2, 0) is 6.61 Å². The first-order valence-corrected chi connectivity index (χ1v) is 10.7. The van der Waals surface area contributed by atoms with Crippen LogP contribution in [-0.4, -0.2) is 12.1 Å². The zero-order valence-electron chi connectivity index (χ0n) is 15.2. The molecule has 0 aliphatic heterocycles. The molecule has 0 bridgehead atoms. The van der Waals surface area contributed by atoms with Gasteiger partial charge in [0.25, 0.3) is 5.91 Å². The highest BCUT2D eigenvalue weighted by Gasteiger charge is 2.09. The predicted octanol–water partition coefficient (Wildman–Crippen LogP) is 5.55. The van der Waals surface area contributed by atoms with Crippen molar-refractivity contribution in [3.05, 3.63) is 96.1 Å². The molecule has 1 amide bonds. The van der Waals surface area contributed by atoms with Crippen molar-refractivity contribution in [2.24, 2.45) is 5.10 Å². The fourth-order valence-corrected chi connectivity index (χ4v) is 4.70. The van der Waals surface area contributed by atoms with Crippen LogP contribution < -0.4 is 10.2 Å². The van der Waals surface area contributed by atoms with Crippen LogP contribution in [0.4, 0.5) is 0 Å². The summed E-state index contributed by atoms with van der Waals surface area (Å²) < 4.78 is 7.98. The number of benzene rings is 3. The second kappa shape index (κ2) is 10.0. The molecular weight excluding hydrogens is 578 g/mol. The number of nitrogens with zero attached hydrogens (tertiary/aromatic N) is 1. The van der Waals surface area contributed by atoms with Gasteiger partial charge in [0.05, 0.1) is 13.4 Å². The molecule has 3 rings (SSSR count). The first-order chi connectivity index (χ1) is 13.5. The van der Waals surface area contributed by atoms with Crippen LogP contribution in [0, 0.1) is 14.1 Å². The maximum absolute atomic E-state index is 12.2. The first kappa shape index (κ1) is 20.8. The van der Waals surface area contributed by atoms with E-state index >= 15 is 0 Å². The van der Waals surface area contributed by atoms with Gasteiger partial charge in [-0.3, -0.25) is 4.79 Å². The Hall–Kier alpha value is -1.94. The Bertz CT molecular complexity index is 981. The molecule has 0 saturated heterocycles. The van der Waals surface area contributed by atoms with Gasteiger partial charge in [-0.15, -0.1) is 0 Å². The second-order valence-corrected chi connectivity index (χ2v) is 8.43. The number of aryl methyl sites for hydroxylation is 1. The van der Waals surface area contributed by atoms with E-state index in [4.69, 9.17) is 4.74 Å². The smallest absolute Gasteiger partial charge is 0.271 e. The lowest BCUT2D eigenvalue weighted by molar-refractivity contribution is 0.0954. The molecule has 28 heavy (non-hydrogen) atoms. The van der Waals surface area contributed by atoms with Gasteiger partial charge in [-0.05, 0) is 87.0 Å². The summed E-state index contributed by atoms with van der Waals surface area (Å²) in [7, 11) is 0. The van der Waals surface area contributed by atoms with Crippen LogP contribution in [0.1, 0.15) is 27.0 Å². The summed E-state index contributed by atoms with van der Waals surface area (Å²) in [5.74, 6) is 0.632. The molecule has 4 nitrogen and oxygen atoms in total. The molecule has 1 N–H and O–H groups in total. The summed E-state index contributed by atoms with van der Waals surface area (Å²) in [5, 5.41) is 4.09. The molecule has 3 aromatic carbocycles. The number of halogens is 2. The number of hydrogen-bond acceptors (Lipinski definition) is 3. The highest BCUT2D eigenvalue weighted by Crippen LogP contribution is 2.29. The van der Waals surface area contributed by atoms with E-state index in [1.807, 2.05) is 67.6 Å². The van der Waals surface area contributed by atoms with Crippen LogP contribution in [0.25, 0.3) is 0 Å². The quantitative estimate of drug-likeness (QED) is 0.231. The largest absolute Gasteiger partial charge is 0.487 e. The average molecular weight is 596 g/mol. The van der Waals surface area contributed by atoms with Crippen molar-refractivity contribution in [2.45, 2.75) is 13.5 Å². The van der Waals surface area contributed by atoms with E-state index in [-0.39, 0.29) is 5.91 Å². The zero-order valence-corrected chi connectivity index (χ0v) is 19.5. The van der Waals surface area contributed by atoms with Gasteiger partial charge in [-0.1, -0.05) is 48.5 Å². The third kappa shape index (κ3) is 5.54. The molecule has 0 radical (unpaired) electrons. The van der Waals surface area contributed by atoms with Crippen molar-refractivity contribution >= 4 is 57.3 Å². The first-order valence-electron chi connectivity index (χ1n) is 8.59. The molecular formula is C22H18I2N2O2. The van der Waals surface area contributed by atoms with Crippen molar-refractivity contribution in [2.75, 3.05) is 0 Å². The molecule has 0 spiro atoms. The second-order valence-electron chi connectivity index (χ2n) is 6.10. The van der Waals surface area contributed by atoms with E-state index in [1.54, 1.807) is 12.3 Å². The summed E-state index contributed by atoms with van der Waals surface area (Å²) in [6, 6.07) is 21.4. The molecule has 6 heteroatoms. The maximum Gasteiger partial charge on any atom is 0.271 e. The standard InChI is InChI=1S/C22H18I2N2O2/c1-15-7-5-6-10-18(15)22(27)26-25-13-17-11-19(23)21(20(24)12-17)28-14-16-8-3-2-4-9-16/h2-13H,14H2,1H3,(H,26,27)/b25-13-. The van der Waals surface area contributed by atoms with E-state index in [1.165, 1.54) is 0 Å². The van der Waals surface area contributed by atoms with Crippen LogP contribution in [0.15, 0.2) is 71.8 Å². The minimum atomic E-state index is -0.221. The van der Waals surface area contributed by atoms with Gasteiger partial charge >= 0.3 is 0 Å². The van der Waals surface area contributed by atoms with Gasteiger partial charge in [-0.2, -0.15) is 5.10 Å². The molecule has 142 valence electrons. The lowest BCUT2D eigenvalue weighted by atomic mass is 10.1. The average Bonchev–Trinajstić information content (AvgIpc) is 2.68. The molecule has 0 aliphatic rings. The van der Waals surface area contributed by atoms with Gasteiger partial charge in [0.1, 0.15) is 12.4 Å². The SMILES string of the molecule is Cc1ccccc1C(=O)N/N=C\c1cc(I)c(OCc2ccccc2)c(I)c1. The Morgan fingerprint density at radius 3 is 2.36 bits per heavy atom. The van der Waals surface area contributed by atoms with Crippen LogP contribution in [0.2, 0.25) is 0 Å². The third-order valence-electron chi connectivity index (χ3n) is 4.02. The van der Waals surface area contributed by atoms with Crippen molar-refractivity contribution < 1.29 is 9.53 Å². The molecule has 0 saturated carbocycles. The summed E-state index contributed by atoms with van der Waals surface area (Å²) in [4.78, 5) is 12.2. The number of nitrogens with one attached hydrogen (secondary N) is 1. The van der Waals surface area contributed by atoms with Gasteiger partial charge in [-0.25, -0.2) is 5.43 Å². The number of carbonyl (C=O) groups excluding carboxylic acids is 1. The Morgan fingerprint density at radius 1 is 1.04 bits per heavy atom. The normalized spacial score (nSPS) is 10.8. The van der Waals surface area contributed by atoms with Crippen molar-refractivity contribution in [3.63, 3.8) is 0 Å². The van der Waals surface area contributed by atoms with E-state index < -0.39 is 0 Å². The van der Waals surface area contributed by atoms with Gasteiger partial charge < -0.3 is 4.74 Å². The molecule has 3 aromatic rings. The van der Waals surface area contributed by atoms with Crippen LogP contribution in [0.5, 0.6) is 5.75 Å². The number of hydrazone groups is 1. The third-order valence-corrected chi connectivity index (χ3v) is 5.62. The molecule has 0 fully saturated rings. The lowest BCUT2D eigenvalue weighted by Crippen LogP contribution is -2.18. The number of carbonyl (C=O) groups is 1. The molecule has 0 atom stereocenters. The zero-order chi connectivity index (χ0) is 19.9. The number of rotatable bonds is 6. The van der Waals surface area contributed by atoms with Crippen LogP contribution in [0.3, 0.4) is 0 Å². The van der Waals surface area contributed by atoms with E-state index in [0.717, 1.165) is 29.6 Å². The lowest BCUT2D eigenvalue weighted by Gasteiger charge is -2.11. The maximum atomic E-state index is 12.2. The molecule has 0 heterocycles. The van der Waals surface area contributed by atoms with E-state index in [2.05, 4.69) is 55.7 Å². The highest BCUT2D eigenvalue weighted by molar-refractivity contribution is 14.1.